The first-order valence-corrected chi connectivity index (χ1v) is 4.98. The minimum atomic E-state index is 0.416. The molecule has 4 nitrogen and oxygen atoms in total. The zero-order chi connectivity index (χ0) is 9.42. The number of ether oxygens (including phenoxy) is 1. The van der Waals surface area contributed by atoms with Crippen LogP contribution in [0.4, 0.5) is 0 Å². The largest absolute Gasteiger partial charge is 0.475 e. The van der Waals surface area contributed by atoms with Crippen LogP contribution in [0, 0.1) is 0 Å². The van der Waals surface area contributed by atoms with Crippen molar-refractivity contribution in [1.29, 1.82) is 0 Å². The molecule has 1 aromatic rings. The summed E-state index contributed by atoms with van der Waals surface area (Å²) in [4.78, 5) is 2.15. The molecule has 1 aromatic heterocycles. The second kappa shape index (κ2) is 3.31. The highest BCUT2D eigenvalue weighted by atomic mass is 79.9. The SMILES string of the molecule is CN(C)C1COc2c(Br)cnn2C1. The van der Waals surface area contributed by atoms with Crippen molar-refractivity contribution < 1.29 is 4.74 Å². The highest BCUT2D eigenvalue weighted by molar-refractivity contribution is 9.10. The van der Waals surface area contributed by atoms with E-state index >= 15 is 0 Å². The molecule has 0 amide bonds. The van der Waals surface area contributed by atoms with E-state index in [-0.39, 0.29) is 0 Å². The van der Waals surface area contributed by atoms with E-state index in [9.17, 15) is 0 Å². The number of likely N-dealkylation sites (N-methyl/N-ethyl adjacent to an activating group) is 1. The molecule has 0 saturated heterocycles. The molecule has 0 saturated carbocycles. The molecule has 1 aliphatic rings. The van der Waals surface area contributed by atoms with Gasteiger partial charge in [-0.05, 0) is 30.0 Å². The molecule has 0 aliphatic carbocycles. The van der Waals surface area contributed by atoms with Crippen LogP contribution in [0.15, 0.2) is 10.7 Å². The van der Waals surface area contributed by atoms with E-state index in [1.807, 2.05) is 4.68 Å². The fourth-order valence-electron chi connectivity index (χ4n) is 1.36. The Hall–Kier alpha value is -0.550. The molecule has 72 valence electrons. The van der Waals surface area contributed by atoms with E-state index in [2.05, 4.69) is 40.0 Å². The molecule has 0 aromatic carbocycles. The van der Waals surface area contributed by atoms with Gasteiger partial charge in [0.05, 0.1) is 23.3 Å². The molecule has 0 bridgehead atoms. The highest BCUT2D eigenvalue weighted by Gasteiger charge is 2.23. The molecule has 1 aliphatic heterocycles. The quantitative estimate of drug-likeness (QED) is 0.739. The highest BCUT2D eigenvalue weighted by Crippen LogP contribution is 2.27. The average molecular weight is 246 g/mol. The molecule has 5 heteroatoms. The molecule has 2 rings (SSSR count). The van der Waals surface area contributed by atoms with Crippen LogP contribution in [0.2, 0.25) is 0 Å². The Kier molecular flexibility index (Phi) is 2.29. The molecule has 0 N–H and O–H groups in total. The minimum Gasteiger partial charge on any atom is -0.475 e. The third kappa shape index (κ3) is 1.58. The Morgan fingerprint density at radius 2 is 2.46 bits per heavy atom. The Balaban J connectivity index is 2.21. The number of aromatic nitrogens is 2. The van der Waals surface area contributed by atoms with Crippen LogP contribution in [0.5, 0.6) is 5.88 Å². The van der Waals surface area contributed by atoms with E-state index in [4.69, 9.17) is 4.74 Å². The molecule has 0 fully saturated rings. The summed E-state index contributed by atoms with van der Waals surface area (Å²) in [7, 11) is 4.11. The van der Waals surface area contributed by atoms with Gasteiger partial charge in [0.25, 0.3) is 0 Å². The Bertz CT molecular complexity index is 310. The van der Waals surface area contributed by atoms with Gasteiger partial charge in [-0.25, -0.2) is 4.68 Å². The zero-order valence-electron chi connectivity index (χ0n) is 7.70. The van der Waals surface area contributed by atoms with Gasteiger partial charge >= 0.3 is 0 Å². The van der Waals surface area contributed by atoms with Gasteiger partial charge in [-0.3, -0.25) is 0 Å². The second-order valence-electron chi connectivity index (χ2n) is 3.41. The Morgan fingerprint density at radius 3 is 3.15 bits per heavy atom. The number of nitrogens with zero attached hydrogens (tertiary/aromatic N) is 3. The monoisotopic (exact) mass is 245 g/mol. The van der Waals surface area contributed by atoms with Crippen molar-refractivity contribution in [2.75, 3.05) is 20.7 Å². The summed E-state index contributed by atoms with van der Waals surface area (Å²) in [5, 5.41) is 4.21. The van der Waals surface area contributed by atoms with Crippen molar-refractivity contribution >= 4 is 15.9 Å². The van der Waals surface area contributed by atoms with E-state index in [1.165, 1.54) is 0 Å². The lowest BCUT2D eigenvalue weighted by atomic mass is 10.3. The van der Waals surface area contributed by atoms with Crippen molar-refractivity contribution in [1.82, 2.24) is 14.7 Å². The maximum atomic E-state index is 5.58. The third-order valence-corrected chi connectivity index (χ3v) is 2.82. The summed E-state index contributed by atoms with van der Waals surface area (Å²) >= 11 is 3.39. The lowest BCUT2D eigenvalue weighted by molar-refractivity contribution is 0.119. The van der Waals surface area contributed by atoms with Crippen LogP contribution in [0.3, 0.4) is 0 Å². The fraction of sp³-hybridized carbons (Fsp3) is 0.625. The van der Waals surface area contributed by atoms with Gasteiger partial charge in [0.15, 0.2) is 0 Å². The van der Waals surface area contributed by atoms with Crippen LogP contribution < -0.4 is 4.74 Å². The lowest BCUT2D eigenvalue weighted by Crippen LogP contribution is -2.41. The van der Waals surface area contributed by atoms with Crippen molar-refractivity contribution in [3.05, 3.63) is 10.7 Å². The van der Waals surface area contributed by atoms with Gasteiger partial charge in [-0.2, -0.15) is 5.10 Å². The van der Waals surface area contributed by atoms with Crippen LogP contribution in [-0.4, -0.2) is 41.4 Å². The molecule has 0 spiro atoms. The van der Waals surface area contributed by atoms with Gasteiger partial charge in [0.2, 0.25) is 5.88 Å². The van der Waals surface area contributed by atoms with Gasteiger partial charge in [0.1, 0.15) is 6.61 Å². The molecular weight excluding hydrogens is 234 g/mol. The maximum absolute atomic E-state index is 5.58. The summed E-state index contributed by atoms with van der Waals surface area (Å²) in [5.41, 5.74) is 0. The van der Waals surface area contributed by atoms with Crippen molar-refractivity contribution in [3.8, 4) is 5.88 Å². The Labute approximate surface area is 85.6 Å². The van der Waals surface area contributed by atoms with Gasteiger partial charge in [-0.15, -0.1) is 0 Å². The van der Waals surface area contributed by atoms with Gasteiger partial charge in [-0.1, -0.05) is 0 Å². The molecule has 0 radical (unpaired) electrons. The predicted octanol–water partition coefficient (Wildman–Crippen LogP) is 0.968. The van der Waals surface area contributed by atoms with Gasteiger partial charge in [0, 0.05) is 0 Å². The molecule has 13 heavy (non-hydrogen) atoms. The lowest BCUT2D eigenvalue weighted by Gasteiger charge is -2.28. The van der Waals surface area contributed by atoms with E-state index < -0.39 is 0 Å². The first kappa shape index (κ1) is 9.02. The smallest absolute Gasteiger partial charge is 0.226 e. The van der Waals surface area contributed by atoms with E-state index in [1.54, 1.807) is 6.20 Å². The first-order chi connectivity index (χ1) is 6.18. The van der Waals surface area contributed by atoms with Crippen molar-refractivity contribution in [3.63, 3.8) is 0 Å². The summed E-state index contributed by atoms with van der Waals surface area (Å²) in [5.74, 6) is 0.845. The minimum absolute atomic E-state index is 0.416. The predicted molar refractivity (Wildman–Crippen MR) is 52.9 cm³/mol. The van der Waals surface area contributed by atoms with Crippen LogP contribution in [0.1, 0.15) is 0 Å². The standard InChI is InChI=1S/C8H12BrN3O/c1-11(2)6-4-12-8(13-5-6)7(9)3-10-12/h3,6H,4-5H2,1-2H3. The number of hydrogen-bond donors (Lipinski definition) is 0. The van der Waals surface area contributed by atoms with Crippen LogP contribution in [0.25, 0.3) is 0 Å². The van der Waals surface area contributed by atoms with Crippen LogP contribution in [-0.2, 0) is 6.54 Å². The molecular formula is C8H12BrN3O. The number of hydrogen-bond acceptors (Lipinski definition) is 3. The number of fused-ring (bicyclic) bond motifs is 1. The summed E-state index contributed by atoms with van der Waals surface area (Å²) in [6, 6.07) is 0.416. The van der Waals surface area contributed by atoms with Gasteiger partial charge < -0.3 is 9.64 Å². The third-order valence-electron chi connectivity index (χ3n) is 2.28. The fourth-order valence-corrected chi connectivity index (χ4v) is 1.78. The van der Waals surface area contributed by atoms with Crippen molar-refractivity contribution in [2.24, 2.45) is 0 Å². The average Bonchev–Trinajstić information content (AvgIpc) is 2.47. The van der Waals surface area contributed by atoms with E-state index in [0.29, 0.717) is 6.04 Å². The zero-order valence-corrected chi connectivity index (χ0v) is 9.28. The second-order valence-corrected chi connectivity index (χ2v) is 4.26. The molecule has 2 heterocycles. The summed E-state index contributed by atoms with van der Waals surface area (Å²) in [6.07, 6.45) is 1.77. The normalized spacial score (nSPS) is 21.4. The number of halogens is 1. The van der Waals surface area contributed by atoms with E-state index in [0.717, 1.165) is 23.5 Å². The maximum Gasteiger partial charge on any atom is 0.226 e. The Morgan fingerprint density at radius 1 is 1.69 bits per heavy atom. The first-order valence-electron chi connectivity index (χ1n) is 4.19. The molecule has 1 unspecified atom stereocenters. The van der Waals surface area contributed by atoms with Crippen molar-refractivity contribution in [2.45, 2.75) is 12.6 Å². The van der Waals surface area contributed by atoms with Crippen LogP contribution >= 0.6 is 15.9 Å². The summed E-state index contributed by atoms with van der Waals surface area (Å²) < 4.78 is 8.40. The molecule has 1 atom stereocenters. The summed E-state index contributed by atoms with van der Waals surface area (Å²) in [6.45, 7) is 1.63. The number of rotatable bonds is 1. The topological polar surface area (TPSA) is 30.3 Å².